The lowest BCUT2D eigenvalue weighted by molar-refractivity contribution is 0.132. The maximum absolute atomic E-state index is 11.6. The minimum atomic E-state index is -3.83. The van der Waals surface area contributed by atoms with Crippen LogP contribution in [0.15, 0.2) is 21.5 Å². The molecule has 1 atom stereocenters. The van der Waals surface area contributed by atoms with Crippen LogP contribution in [0.3, 0.4) is 0 Å². The monoisotopic (exact) mass is 351 g/mol. The molecular formula is C12H18BrNO4S. The molecular weight excluding hydrogens is 334 g/mol. The molecule has 1 rings (SSSR count). The van der Waals surface area contributed by atoms with Crippen molar-refractivity contribution in [2.24, 2.45) is 5.14 Å². The number of ether oxygens (including phenoxy) is 2. The maximum atomic E-state index is 11.6. The Morgan fingerprint density at radius 1 is 1.42 bits per heavy atom. The summed E-state index contributed by atoms with van der Waals surface area (Å²) in [5.74, 6) is 0.300. The van der Waals surface area contributed by atoms with Gasteiger partial charge in [-0.05, 0) is 31.5 Å². The lowest BCUT2D eigenvalue weighted by atomic mass is 10.2. The molecule has 0 aliphatic carbocycles. The number of halogens is 1. The quantitative estimate of drug-likeness (QED) is 0.851. The number of methoxy groups -OCH3 is 1. The Balaban J connectivity index is 3.12. The van der Waals surface area contributed by atoms with Crippen LogP contribution in [-0.2, 0) is 14.8 Å². The van der Waals surface area contributed by atoms with E-state index in [1.54, 1.807) is 20.1 Å². The molecule has 7 heteroatoms. The van der Waals surface area contributed by atoms with Gasteiger partial charge in [0.15, 0.2) is 0 Å². The fraction of sp³-hybridized carbons (Fsp3) is 0.500. The molecule has 19 heavy (non-hydrogen) atoms. The summed E-state index contributed by atoms with van der Waals surface area (Å²) in [6.07, 6.45) is 0.496. The Bertz CT molecular complexity index is 545. The van der Waals surface area contributed by atoms with E-state index in [9.17, 15) is 8.42 Å². The summed E-state index contributed by atoms with van der Waals surface area (Å²) < 4.78 is 34.5. The van der Waals surface area contributed by atoms with E-state index in [-0.39, 0.29) is 11.0 Å². The van der Waals surface area contributed by atoms with Crippen LogP contribution in [0.25, 0.3) is 0 Å². The topological polar surface area (TPSA) is 78.6 Å². The average molecular weight is 352 g/mol. The molecule has 0 aromatic heterocycles. The molecule has 108 valence electrons. The van der Waals surface area contributed by atoms with Crippen LogP contribution in [0.1, 0.15) is 18.9 Å². The van der Waals surface area contributed by atoms with E-state index in [2.05, 4.69) is 15.9 Å². The molecule has 1 aromatic carbocycles. The van der Waals surface area contributed by atoms with Crippen molar-refractivity contribution >= 4 is 26.0 Å². The van der Waals surface area contributed by atoms with Gasteiger partial charge < -0.3 is 9.47 Å². The third-order valence-corrected chi connectivity index (χ3v) is 3.93. The van der Waals surface area contributed by atoms with E-state index in [1.807, 2.05) is 6.92 Å². The van der Waals surface area contributed by atoms with Crippen LogP contribution in [-0.4, -0.2) is 28.2 Å². The van der Waals surface area contributed by atoms with Crippen LogP contribution in [0.4, 0.5) is 0 Å². The highest BCUT2D eigenvalue weighted by atomic mass is 79.9. The molecule has 0 aliphatic rings. The summed E-state index contributed by atoms with van der Waals surface area (Å²) in [7, 11) is -2.23. The average Bonchev–Trinajstić information content (AvgIpc) is 2.28. The molecule has 0 bridgehead atoms. The normalized spacial score (nSPS) is 13.3. The molecule has 5 nitrogen and oxygen atoms in total. The van der Waals surface area contributed by atoms with Crippen LogP contribution < -0.4 is 9.88 Å². The number of primary sulfonamides is 1. The molecule has 0 radical (unpaired) electrons. The van der Waals surface area contributed by atoms with Gasteiger partial charge in [0.05, 0.1) is 6.10 Å². The van der Waals surface area contributed by atoms with Gasteiger partial charge in [-0.3, -0.25) is 0 Å². The zero-order chi connectivity index (χ0) is 14.6. The van der Waals surface area contributed by atoms with Crippen molar-refractivity contribution in [3.05, 3.63) is 22.2 Å². The van der Waals surface area contributed by atoms with Gasteiger partial charge >= 0.3 is 0 Å². The zero-order valence-corrected chi connectivity index (χ0v) is 13.5. The Morgan fingerprint density at radius 3 is 2.58 bits per heavy atom. The van der Waals surface area contributed by atoms with E-state index >= 15 is 0 Å². The number of rotatable bonds is 6. The van der Waals surface area contributed by atoms with Crippen LogP contribution >= 0.6 is 15.9 Å². The van der Waals surface area contributed by atoms with Crippen molar-refractivity contribution in [2.75, 3.05) is 13.7 Å². The molecule has 2 N–H and O–H groups in total. The first-order valence-corrected chi connectivity index (χ1v) is 8.08. The maximum Gasteiger partial charge on any atom is 0.241 e. The molecule has 1 aromatic rings. The zero-order valence-electron chi connectivity index (χ0n) is 11.1. The first kappa shape index (κ1) is 16.4. The largest absolute Gasteiger partial charge is 0.489 e. The fourth-order valence-electron chi connectivity index (χ4n) is 1.61. The molecule has 0 heterocycles. The highest BCUT2D eigenvalue weighted by Crippen LogP contribution is 2.31. The molecule has 1 unspecified atom stereocenters. The summed E-state index contributed by atoms with van der Waals surface area (Å²) in [6.45, 7) is 4.17. The summed E-state index contributed by atoms with van der Waals surface area (Å²) in [4.78, 5) is -0.0105. The fourth-order valence-corrected chi connectivity index (χ4v) is 3.09. The summed E-state index contributed by atoms with van der Waals surface area (Å²) in [6, 6.07) is 3.23. The van der Waals surface area contributed by atoms with Crippen molar-refractivity contribution in [3.8, 4) is 5.75 Å². The predicted molar refractivity (Wildman–Crippen MR) is 76.8 cm³/mol. The van der Waals surface area contributed by atoms with Gasteiger partial charge in [0.25, 0.3) is 0 Å². The number of aryl methyl sites for hydroxylation is 1. The number of hydrogen-bond acceptors (Lipinski definition) is 4. The SMILES string of the molecule is COCCC(C)Oc1c(C)cc(Br)cc1S(N)(=O)=O. The molecule has 0 saturated carbocycles. The van der Waals surface area contributed by atoms with Gasteiger partial charge in [0.1, 0.15) is 10.6 Å². The molecule has 0 amide bonds. The third-order valence-electron chi connectivity index (χ3n) is 2.56. The second-order valence-corrected chi connectivity index (χ2v) is 6.75. The number of benzene rings is 1. The Kier molecular flexibility index (Phi) is 5.79. The van der Waals surface area contributed by atoms with Crippen LogP contribution in [0.2, 0.25) is 0 Å². The first-order valence-electron chi connectivity index (χ1n) is 5.74. The van der Waals surface area contributed by atoms with Gasteiger partial charge in [-0.2, -0.15) is 0 Å². The van der Waals surface area contributed by atoms with E-state index in [1.165, 1.54) is 6.07 Å². The van der Waals surface area contributed by atoms with Crippen molar-refractivity contribution in [1.82, 2.24) is 0 Å². The minimum Gasteiger partial charge on any atom is -0.489 e. The summed E-state index contributed by atoms with van der Waals surface area (Å²) in [5, 5.41) is 5.22. The highest BCUT2D eigenvalue weighted by molar-refractivity contribution is 9.10. The molecule has 0 aliphatic heterocycles. The number of hydrogen-bond donors (Lipinski definition) is 1. The Hall–Kier alpha value is -0.630. The Labute approximate surface area is 122 Å². The number of sulfonamides is 1. The van der Waals surface area contributed by atoms with Crippen molar-refractivity contribution in [2.45, 2.75) is 31.3 Å². The van der Waals surface area contributed by atoms with E-state index in [4.69, 9.17) is 14.6 Å². The van der Waals surface area contributed by atoms with Gasteiger partial charge in [-0.1, -0.05) is 15.9 Å². The molecule has 0 spiro atoms. The van der Waals surface area contributed by atoms with Crippen molar-refractivity contribution in [1.29, 1.82) is 0 Å². The van der Waals surface area contributed by atoms with E-state index in [0.717, 1.165) is 0 Å². The van der Waals surface area contributed by atoms with E-state index < -0.39 is 10.0 Å². The first-order chi connectivity index (χ1) is 8.75. The summed E-state index contributed by atoms with van der Waals surface area (Å²) in [5.41, 5.74) is 0.711. The van der Waals surface area contributed by atoms with Gasteiger partial charge in [-0.25, -0.2) is 13.6 Å². The predicted octanol–water partition coefficient (Wildman–Crippen LogP) is 2.21. The van der Waals surface area contributed by atoms with Crippen molar-refractivity contribution < 1.29 is 17.9 Å². The highest BCUT2D eigenvalue weighted by Gasteiger charge is 2.20. The van der Waals surface area contributed by atoms with Gasteiger partial charge in [-0.15, -0.1) is 0 Å². The van der Waals surface area contributed by atoms with E-state index in [0.29, 0.717) is 28.8 Å². The Morgan fingerprint density at radius 2 is 2.05 bits per heavy atom. The summed E-state index contributed by atoms with van der Waals surface area (Å²) >= 11 is 3.25. The third kappa shape index (κ3) is 4.76. The molecule has 0 fully saturated rings. The number of nitrogens with two attached hydrogens (primary N) is 1. The van der Waals surface area contributed by atoms with Gasteiger partial charge in [0, 0.05) is 24.6 Å². The smallest absolute Gasteiger partial charge is 0.241 e. The minimum absolute atomic E-state index is 0.0105. The lowest BCUT2D eigenvalue weighted by Crippen LogP contribution is -2.19. The van der Waals surface area contributed by atoms with Gasteiger partial charge in [0.2, 0.25) is 10.0 Å². The standard InChI is InChI=1S/C12H18BrNO4S/c1-8-6-10(13)7-11(19(14,15)16)12(8)18-9(2)4-5-17-3/h6-7,9H,4-5H2,1-3H3,(H2,14,15,16). The van der Waals surface area contributed by atoms with Crippen LogP contribution in [0, 0.1) is 6.92 Å². The second-order valence-electron chi connectivity index (χ2n) is 4.30. The lowest BCUT2D eigenvalue weighted by Gasteiger charge is -2.18. The molecule has 0 saturated heterocycles. The second kappa shape index (κ2) is 6.69. The van der Waals surface area contributed by atoms with Crippen molar-refractivity contribution in [3.63, 3.8) is 0 Å². The van der Waals surface area contributed by atoms with Crippen LogP contribution in [0.5, 0.6) is 5.75 Å².